The number of rotatable bonds is 3. The first-order valence-electron chi connectivity index (χ1n) is 5.92. The molecule has 0 aromatic carbocycles. The van der Waals surface area contributed by atoms with E-state index in [9.17, 15) is 14.9 Å². The Morgan fingerprint density at radius 3 is 2.89 bits per heavy atom. The first-order chi connectivity index (χ1) is 8.54. The fraction of sp³-hybridized carbons (Fsp3) is 0.636. The van der Waals surface area contributed by atoms with Crippen LogP contribution in [-0.4, -0.2) is 34.1 Å². The van der Waals surface area contributed by atoms with Crippen molar-refractivity contribution >= 4 is 17.8 Å². The maximum Gasteiger partial charge on any atom is 0.333 e. The third kappa shape index (κ3) is 2.07. The fourth-order valence-corrected chi connectivity index (χ4v) is 2.52. The second-order valence-electron chi connectivity index (χ2n) is 4.62. The molecule has 98 valence electrons. The second kappa shape index (κ2) is 4.75. The summed E-state index contributed by atoms with van der Waals surface area (Å²) in [4.78, 5) is 23.5. The molecule has 2 heterocycles. The number of aldehydes is 1. The van der Waals surface area contributed by atoms with E-state index in [4.69, 9.17) is 0 Å². The Bertz CT molecular complexity index is 483. The molecule has 1 aliphatic heterocycles. The summed E-state index contributed by atoms with van der Waals surface area (Å²) in [5.74, 6) is 0.456. The third-order valence-electron chi connectivity index (χ3n) is 3.29. The van der Waals surface area contributed by atoms with Crippen molar-refractivity contribution < 1.29 is 9.72 Å². The number of nitrogens with zero attached hydrogens (tertiary/aromatic N) is 4. The Kier molecular flexibility index (Phi) is 3.31. The molecular weight excluding hydrogens is 236 g/mol. The van der Waals surface area contributed by atoms with Crippen LogP contribution in [0.5, 0.6) is 0 Å². The van der Waals surface area contributed by atoms with Gasteiger partial charge in [0, 0.05) is 26.1 Å². The number of piperidine rings is 1. The SMILES string of the molecule is Cc1nn(C)c(N2CCCC(C=O)C2)c1[N+](=O)[O-]. The Morgan fingerprint density at radius 1 is 1.56 bits per heavy atom. The van der Waals surface area contributed by atoms with Crippen LogP contribution in [-0.2, 0) is 11.8 Å². The van der Waals surface area contributed by atoms with Crippen LogP contribution in [0, 0.1) is 23.0 Å². The average molecular weight is 252 g/mol. The summed E-state index contributed by atoms with van der Waals surface area (Å²) in [6, 6.07) is 0. The molecular formula is C11H16N4O3. The predicted molar refractivity (Wildman–Crippen MR) is 65.6 cm³/mol. The van der Waals surface area contributed by atoms with Crippen LogP contribution in [0.1, 0.15) is 18.5 Å². The minimum absolute atomic E-state index is 0.0454. The standard InChI is InChI=1S/C11H16N4O3/c1-8-10(15(17)18)11(13(2)12-8)14-5-3-4-9(6-14)7-16/h7,9H,3-6H2,1-2H3. The molecule has 1 atom stereocenters. The molecule has 0 saturated carbocycles. The zero-order chi connectivity index (χ0) is 13.3. The summed E-state index contributed by atoms with van der Waals surface area (Å²) in [5, 5.41) is 15.2. The van der Waals surface area contributed by atoms with Gasteiger partial charge in [-0.25, -0.2) is 4.68 Å². The lowest BCUT2D eigenvalue weighted by Crippen LogP contribution is -2.37. The van der Waals surface area contributed by atoms with Gasteiger partial charge in [0.25, 0.3) is 0 Å². The Hall–Kier alpha value is -1.92. The first kappa shape index (κ1) is 12.5. The van der Waals surface area contributed by atoms with Crippen molar-refractivity contribution in [2.75, 3.05) is 18.0 Å². The monoisotopic (exact) mass is 252 g/mol. The molecule has 1 saturated heterocycles. The fourth-order valence-electron chi connectivity index (χ4n) is 2.52. The van der Waals surface area contributed by atoms with Gasteiger partial charge in [-0.15, -0.1) is 0 Å². The minimum Gasteiger partial charge on any atom is -0.350 e. The molecule has 1 unspecified atom stereocenters. The van der Waals surface area contributed by atoms with E-state index in [1.807, 2.05) is 4.90 Å². The summed E-state index contributed by atoms with van der Waals surface area (Å²) in [7, 11) is 1.69. The largest absolute Gasteiger partial charge is 0.350 e. The Balaban J connectivity index is 2.37. The highest BCUT2D eigenvalue weighted by Crippen LogP contribution is 2.33. The van der Waals surface area contributed by atoms with Crippen LogP contribution in [0.25, 0.3) is 0 Å². The summed E-state index contributed by atoms with van der Waals surface area (Å²) >= 11 is 0. The van der Waals surface area contributed by atoms with Crippen LogP contribution in [0.15, 0.2) is 0 Å². The van der Waals surface area contributed by atoms with Gasteiger partial charge in [-0.3, -0.25) is 10.1 Å². The van der Waals surface area contributed by atoms with Crippen molar-refractivity contribution in [3.8, 4) is 0 Å². The summed E-state index contributed by atoms with van der Waals surface area (Å²) in [6.07, 6.45) is 2.65. The normalized spacial score (nSPS) is 19.9. The molecule has 0 radical (unpaired) electrons. The van der Waals surface area contributed by atoms with Gasteiger partial charge < -0.3 is 9.69 Å². The predicted octanol–water partition coefficient (Wildman–Crippen LogP) is 1.05. The van der Waals surface area contributed by atoms with Crippen LogP contribution in [0.2, 0.25) is 0 Å². The maximum absolute atomic E-state index is 11.1. The molecule has 18 heavy (non-hydrogen) atoms. The Morgan fingerprint density at radius 2 is 2.28 bits per heavy atom. The molecule has 1 fully saturated rings. The van der Waals surface area contributed by atoms with E-state index in [2.05, 4.69) is 5.10 Å². The molecule has 0 amide bonds. The van der Waals surface area contributed by atoms with E-state index in [0.717, 1.165) is 25.7 Å². The van der Waals surface area contributed by atoms with Gasteiger partial charge in [0.05, 0.1) is 4.92 Å². The van der Waals surface area contributed by atoms with Crippen LogP contribution in [0.3, 0.4) is 0 Å². The van der Waals surface area contributed by atoms with Crippen molar-refractivity contribution in [2.45, 2.75) is 19.8 Å². The van der Waals surface area contributed by atoms with Crippen molar-refractivity contribution in [1.82, 2.24) is 9.78 Å². The molecule has 1 aromatic rings. The first-order valence-corrected chi connectivity index (χ1v) is 5.92. The zero-order valence-electron chi connectivity index (χ0n) is 10.5. The van der Waals surface area contributed by atoms with E-state index in [1.165, 1.54) is 4.68 Å². The Labute approximate surface area is 105 Å². The van der Waals surface area contributed by atoms with Gasteiger partial charge in [0.15, 0.2) is 0 Å². The lowest BCUT2D eigenvalue weighted by Gasteiger charge is -2.30. The highest BCUT2D eigenvalue weighted by atomic mass is 16.6. The van der Waals surface area contributed by atoms with E-state index < -0.39 is 4.92 Å². The molecule has 1 aromatic heterocycles. The molecule has 7 heteroatoms. The molecule has 7 nitrogen and oxygen atoms in total. The van der Waals surface area contributed by atoms with E-state index in [1.54, 1.807) is 14.0 Å². The van der Waals surface area contributed by atoms with Crippen molar-refractivity contribution in [3.05, 3.63) is 15.8 Å². The van der Waals surface area contributed by atoms with E-state index >= 15 is 0 Å². The quantitative estimate of drug-likeness (QED) is 0.456. The zero-order valence-corrected chi connectivity index (χ0v) is 10.5. The third-order valence-corrected chi connectivity index (χ3v) is 3.29. The number of aryl methyl sites for hydroxylation is 2. The highest BCUT2D eigenvalue weighted by Gasteiger charge is 2.31. The number of anilines is 1. The van der Waals surface area contributed by atoms with Crippen molar-refractivity contribution in [3.63, 3.8) is 0 Å². The topological polar surface area (TPSA) is 81.3 Å². The number of carbonyl (C=O) groups excluding carboxylic acids is 1. The van der Waals surface area contributed by atoms with E-state index in [0.29, 0.717) is 18.1 Å². The van der Waals surface area contributed by atoms with Gasteiger partial charge in [-0.2, -0.15) is 5.10 Å². The van der Waals surface area contributed by atoms with Crippen molar-refractivity contribution in [1.29, 1.82) is 0 Å². The minimum atomic E-state index is -0.401. The van der Waals surface area contributed by atoms with E-state index in [-0.39, 0.29) is 11.6 Å². The second-order valence-corrected chi connectivity index (χ2v) is 4.62. The summed E-state index contributed by atoms with van der Waals surface area (Å²) in [5.41, 5.74) is 0.453. The van der Waals surface area contributed by atoms with Gasteiger partial charge in [0.1, 0.15) is 12.0 Å². The van der Waals surface area contributed by atoms with Gasteiger partial charge in [-0.1, -0.05) is 0 Å². The molecule has 0 spiro atoms. The molecule has 0 aliphatic carbocycles. The summed E-state index contributed by atoms with van der Waals surface area (Å²) < 4.78 is 1.53. The van der Waals surface area contributed by atoms with Crippen LogP contribution in [0.4, 0.5) is 11.5 Å². The average Bonchev–Trinajstić information content (AvgIpc) is 2.64. The smallest absolute Gasteiger partial charge is 0.333 e. The van der Waals surface area contributed by atoms with Crippen LogP contribution < -0.4 is 4.90 Å². The number of hydrogen-bond donors (Lipinski definition) is 0. The molecule has 0 bridgehead atoms. The highest BCUT2D eigenvalue weighted by molar-refractivity contribution is 5.63. The number of nitro groups is 1. The maximum atomic E-state index is 11.1. The number of hydrogen-bond acceptors (Lipinski definition) is 5. The molecule has 2 rings (SSSR count). The lowest BCUT2D eigenvalue weighted by molar-refractivity contribution is -0.384. The van der Waals surface area contributed by atoms with Crippen LogP contribution >= 0.6 is 0 Å². The van der Waals surface area contributed by atoms with Gasteiger partial charge in [-0.05, 0) is 19.8 Å². The van der Waals surface area contributed by atoms with Gasteiger partial charge >= 0.3 is 5.69 Å². The van der Waals surface area contributed by atoms with Gasteiger partial charge in [0.2, 0.25) is 5.82 Å². The van der Waals surface area contributed by atoms with Crippen molar-refractivity contribution in [2.24, 2.45) is 13.0 Å². The lowest BCUT2D eigenvalue weighted by atomic mass is 10.00. The molecule has 1 aliphatic rings. The number of carbonyl (C=O) groups is 1. The molecule has 0 N–H and O–H groups in total. The number of aromatic nitrogens is 2. The summed E-state index contributed by atoms with van der Waals surface area (Å²) in [6.45, 7) is 2.89.